The second-order valence-electron chi connectivity index (χ2n) is 11.5. The molecule has 9 rings (SSSR count). The Morgan fingerprint density at radius 3 is 1.87 bits per heavy atom. The van der Waals surface area contributed by atoms with Crippen molar-refractivity contribution in [2.24, 2.45) is 0 Å². The lowest BCUT2D eigenvalue weighted by Gasteiger charge is -2.35. The molecule has 0 aliphatic carbocycles. The summed E-state index contributed by atoms with van der Waals surface area (Å²) in [5, 5.41) is 0. The van der Waals surface area contributed by atoms with Crippen molar-refractivity contribution in [1.29, 1.82) is 0 Å². The molecule has 10 atom stereocenters. The molecule has 0 saturated carbocycles. The maximum atomic E-state index is 14.2. The van der Waals surface area contributed by atoms with Gasteiger partial charge in [-0.05, 0) is 22.6 Å². The highest BCUT2D eigenvalue weighted by atomic mass is 32.7. The molecule has 9 heterocycles. The van der Waals surface area contributed by atoms with Crippen molar-refractivity contribution < 1.29 is 46.5 Å². The van der Waals surface area contributed by atoms with E-state index < -0.39 is 68.2 Å². The van der Waals surface area contributed by atoms with Gasteiger partial charge in [0.1, 0.15) is 59.3 Å². The number of hydrogen-bond acceptors (Lipinski definition) is 18. The first-order chi connectivity index (χ1) is 22.5. The molecule has 4 aromatic rings. The van der Waals surface area contributed by atoms with Crippen molar-refractivity contribution in [2.45, 2.75) is 48.1 Å². The van der Waals surface area contributed by atoms with E-state index in [1.54, 1.807) is 9.13 Å². The van der Waals surface area contributed by atoms with Gasteiger partial charge in [0.25, 0.3) is 0 Å². The van der Waals surface area contributed by atoms with Gasteiger partial charge in [0.15, 0.2) is 35.4 Å². The number of ether oxygens (including phenoxy) is 4. The lowest BCUT2D eigenvalue weighted by Crippen LogP contribution is -2.48. The average molecular weight is 727 g/mol. The fraction of sp³-hybridized carbons (Fsp3) is 0.522. The van der Waals surface area contributed by atoms with Crippen LogP contribution in [-0.2, 0) is 53.4 Å². The summed E-state index contributed by atoms with van der Waals surface area (Å²) in [4.78, 5) is 36.5. The third-order valence-corrected chi connectivity index (χ3v) is 12.9. The van der Waals surface area contributed by atoms with Gasteiger partial charge in [0.05, 0.1) is 39.1 Å². The SMILES string of the molecule is C#S[P@]1(=O)OC[C@@]23CO[C@@H]([C@H](n4cnc5c(N)ncnc54)O2)[C@@H]3OP(O)(=S)OC[C@@]23CO[C@@H]([C@H](n4cnc5c(N)ncnc54)O2)[C@@H]3O1. The summed E-state index contributed by atoms with van der Waals surface area (Å²) in [6, 6.07) is 0. The maximum absolute atomic E-state index is 14.2. The molecule has 1 unspecified atom stereocenters. The van der Waals surface area contributed by atoms with Crippen LogP contribution in [0.25, 0.3) is 22.3 Å². The van der Waals surface area contributed by atoms with Gasteiger partial charge in [-0.15, -0.1) is 0 Å². The molecule has 5 aliphatic heterocycles. The lowest BCUT2D eigenvalue weighted by molar-refractivity contribution is -0.187. The summed E-state index contributed by atoms with van der Waals surface area (Å²) in [5.41, 5.74) is 16.5. The first-order valence-corrected chi connectivity index (χ1v) is 19.6. The monoisotopic (exact) mass is 726 g/mol. The topological polar surface area (TPSA) is 250 Å². The van der Waals surface area contributed by atoms with Gasteiger partial charge < -0.3 is 39.8 Å². The Morgan fingerprint density at radius 2 is 1.34 bits per heavy atom. The quantitative estimate of drug-likeness (QED) is 0.240. The summed E-state index contributed by atoms with van der Waals surface area (Å²) in [6.45, 7) is -9.16. The molecule has 4 aromatic heterocycles. The highest BCUT2D eigenvalue weighted by Gasteiger charge is 2.68. The summed E-state index contributed by atoms with van der Waals surface area (Å²) in [5.74, 6) is 0.342. The van der Waals surface area contributed by atoms with Crippen LogP contribution in [0.4, 0.5) is 11.6 Å². The Bertz CT molecular complexity index is 2100. The van der Waals surface area contributed by atoms with Gasteiger partial charge in [-0.1, -0.05) is 5.69 Å². The van der Waals surface area contributed by atoms with Gasteiger partial charge in [0, 0.05) is 0 Å². The second kappa shape index (κ2) is 10.4. The summed E-state index contributed by atoms with van der Waals surface area (Å²) in [6.07, 6.45) is -0.159. The molecule has 0 spiro atoms. The fourth-order valence-corrected chi connectivity index (χ4v) is 10.0. The number of hydrogen-bond donors (Lipinski definition) is 3. The van der Waals surface area contributed by atoms with Gasteiger partial charge in [-0.2, -0.15) is 0 Å². The van der Waals surface area contributed by atoms with Crippen molar-refractivity contribution in [3.63, 3.8) is 0 Å². The number of anilines is 2. The van der Waals surface area contributed by atoms with E-state index in [1.807, 2.05) is 0 Å². The largest absolute Gasteiger partial charge is 0.418 e. The Morgan fingerprint density at radius 1 is 0.830 bits per heavy atom. The zero-order valence-electron chi connectivity index (χ0n) is 23.7. The van der Waals surface area contributed by atoms with Crippen LogP contribution in [-0.4, -0.2) is 106 Å². The van der Waals surface area contributed by atoms with Crippen LogP contribution in [0.15, 0.2) is 25.3 Å². The highest BCUT2D eigenvalue weighted by molar-refractivity contribution is 8.48. The number of aromatic nitrogens is 8. The van der Waals surface area contributed by atoms with Crippen molar-refractivity contribution in [3.05, 3.63) is 25.3 Å². The van der Waals surface area contributed by atoms with Crippen LogP contribution in [0.1, 0.15) is 12.5 Å². The van der Waals surface area contributed by atoms with Gasteiger partial charge in [-0.25, -0.2) is 34.5 Å². The van der Waals surface area contributed by atoms with Crippen molar-refractivity contribution in [2.75, 3.05) is 37.9 Å². The molecule has 5 N–H and O–H groups in total. The third kappa shape index (κ3) is 4.47. The van der Waals surface area contributed by atoms with E-state index in [-0.39, 0.29) is 31.5 Å². The molecule has 0 aromatic carbocycles. The van der Waals surface area contributed by atoms with Crippen LogP contribution < -0.4 is 11.5 Å². The standard InChI is InChI=1S/C23H24N10O10P2S2/c1-47-45(35)39-5-23-3-36-12(20(41-23)32-8-30-10-16(24)26-6-28-18(10)32)14(23)42-44(34,46)38-4-22-2-37-13(15(22)43-45)21(40-22)33-9-31-11-17(25)27-7-29-19(11)33/h1,6-9,12-15,20-21H,2-5H2,(H,34,46)(H2,24,26,28)(H2,25,27,29)/t12-,13-,14+,15+,20-,21-,22-,23-,44?,45-/m1/s1. The number of nitrogen functional groups attached to an aromatic ring is 2. The predicted octanol–water partition coefficient (Wildman–Crippen LogP) is 0.628. The van der Waals surface area contributed by atoms with Crippen LogP contribution >= 0.6 is 24.3 Å². The number of nitrogens with zero attached hydrogens (tertiary/aromatic N) is 8. The van der Waals surface area contributed by atoms with Crippen LogP contribution in [0, 0.1) is 5.69 Å². The summed E-state index contributed by atoms with van der Waals surface area (Å²) in [7, 11) is 0.395. The predicted molar refractivity (Wildman–Crippen MR) is 163 cm³/mol. The minimum Gasteiger partial charge on any atom is -0.382 e. The molecule has 5 aliphatic rings. The van der Waals surface area contributed by atoms with E-state index in [2.05, 4.69) is 29.9 Å². The highest BCUT2D eigenvalue weighted by Crippen LogP contribution is 2.64. The lowest BCUT2D eigenvalue weighted by atomic mass is 10.0. The molecule has 0 amide bonds. The van der Waals surface area contributed by atoms with E-state index in [0.29, 0.717) is 33.1 Å². The summed E-state index contributed by atoms with van der Waals surface area (Å²) >= 11 is 5.49. The van der Waals surface area contributed by atoms with E-state index in [1.165, 1.54) is 25.3 Å². The minimum atomic E-state index is -4.18. The molecule has 5 fully saturated rings. The molecular weight excluding hydrogens is 702 g/mol. The third-order valence-electron chi connectivity index (χ3n) is 8.83. The smallest absolute Gasteiger partial charge is 0.382 e. The Kier molecular flexibility index (Phi) is 6.68. The molecule has 47 heavy (non-hydrogen) atoms. The van der Waals surface area contributed by atoms with Crippen molar-refractivity contribution >= 4 is 70.1 Å². The Labute approximate surface area is 272 Å². The molecule has 4 bridgehead atoms. The average Bonchev–Trinajstić information content (AvgIpc) is 3.90. The van der Waals surface area contributed by atoms with Crippen LogP contribution in [0.2, 0.25) is 0 Å². The maximum Gasteiger partial charge on any atom is 0.418 e. The fourth-order valence-electron chi connectivity index (χ4n) is 6.64. The Balaban J connectivity index is 1.07. The molecule has 5 saturated heterocycles. The summed E-state index contributed by atoms with van der Waals surface area (Å²) < 4.78 is 66.7. The first-order valence-electron chi connectivity index (χ1n) is 14.0. The molecule has 24 heteroatoms. The number of imidazole rings is 2. The zero-order chi connectivity index (χ0) is 32.3. The second-order valence-corrected chi connectivity index (χ2v) is 17.8. The zero-order valence-corrected chi connectivity index (χ0v) is 27.2. The van der Waals surface area contributed by atoms with E-state index >= 15 is 0 Å². The van der Waals surface area contributed by atoms with Gasteiger partial charge in [-0.3, -0.25) is 22.7 Å². The van der Waals surface area contributed by atoms with Gasteiger partial charge in [0.2, 0.25) is 0 Å². The van der Waals surface area contributed by atoms with Crippen molar-refractivity contribution in [3.8, 4) is 5.69 Å². The van der Waals surface area contributed by atoms with Gasteiger partial charge >= 0.3 is 13.5 Å². The molecular formula is C23H24N10O10P2S2. The number of fused-ring (bicyclic) bond motifs is 2. The van der Waals surface area contributed by atoms with E-state index in [0.717, 1.165) is 0 Å². The first kappa shape index (κ1) is 30.3. The van der Waals surface area contributed by atoms with Crippen LogP contribution in [0.3, 0.4) is 0 Å². The normalized spacial score (nSPS) is 41.4. The number of rotatable bonds is 2. The Hall–Kier alpha value is -2.78. The molecule has 248 valence electrons. The van der Waals surface area contributed by atoms with Crippen LogP contribution in [0.5, 0.6) is 0 Å². The number of nitrogens with two attached hydrogens (primary N) is 2. The van der Waals surface area contributed by atoms with E-state index in [9.17, 15) is 9.46 Å². The molecule has 20 nitrogen and oxygen atoms in total. The van der Waals surface area contributed by atoms with E-state index in [4.69, 9.17) is 66.0 Å². The minimum absolute atomic E-state index is 0.0733. The van der Waals surface area contributed by atoms with Crippen molar-refractivity contribution in [1.82, 2.24) is 39.0 Å². The molecule has 0 radical (unpaired) electrons.